The molecule has 1 aliphatic rings. The number of hydrogen-bond donors (Lipinski definition) is 0. The summed E-state index contributed by atoms with van der Waals surface area (Å²) in [6, 6.07) is 0. The van der Waals surface area contributed by atoms with E-state index in [0.717, 1.165) is 26.2 Å². The van der Waals surface area contributed by atoms with Crippen LogP contribution in [0.4, 0.5) is 0 Å². The Morgan fingerprint density at radius 2 is 0.912 bits per heavy atom. The van der Waals surface area contributed by atoms with Crippen molar-refractivity contribution >= 4 is 178 Å². The summed E-state index contributed by atoms with van der Waals surface area (Å²) < 4.78 is 9.67. The Hall–Kier alpha value is 5.32. The van der Waals surface area contributed by atoms with Crippen molar-refractivity contribution in [2.45, 2.75) is 84.3 Å². The lowest BCUT2D eigenvalue weighted by Gasteiger charge is -2.06. The van der Waals surface area contributed by atoms with Gasteiger partial charge in [-0.1, -0.05) is 0 Å². The molecule has 34 heavy (non-hydrogen) atoms. The fraction of sp³-hybridized carbons (Fsp3) is 0.571. The van der Waals surface area contributed by atoms with Crippen molar-refractivity contribution in [2.75, 3.05) is 0 Å². The standard InChI is InChI=1S/C14H20Br2N4S6.3Br2.2BrH/c1-5-17-9-10(18(6-2)13(17)21-15)24-26-12-11(25-23-9)19(7-3)14(22-16)20(12)8-4;3*1-2;;/h5-8H2,1-4H3;;;;2*1H/q+2;;;;;/p-2. The molecule has 3 heterocycles. The van der Waals surface area contributed by atoms with Crippen molar-refractivity contribution in [3.05, 3.63) is 0 Å². The molecule has 0 radical (unpaired) electrons. The van der Waals surface area contributed by atoms with E-state index >= 15 is 0 Å². The van der Waals surface area contributed by atoms with E-state index in [0.29, 0.717) is 0 Å². The van der Waals surface area contributed by atoms with E-state index in [4.69, 9.17) is 0 Å². The number of aromatic nitrogens is 4. The van der Waals surface area contributed by atoms with Gasteiger partial charge in [0.1, 0.15) is 0 Å². The Labute approximate surface area is 309 Å². The second-order valence-corrected chi connectivity index (χ2v) is 12.4. The molecule has 0 spiro atoms. The molecule has 202 valence electrons. The van der Waals surface area contributed by atoms with E-state index in [9.17, 15) is 0 Å². The third kappa shape index (κ3) is 10.9. The van der Waals surface area contributed by atoms with E-state index in [1.807, 2.05) is 43.2 Å². The first-order valence-corrected chi connectivity index (χ1v) is 29.4. The first kappa shape index (κ1) is 43.8. The lowest BCUT2D eigenvalue weighted by molar-refractivity contribution is -0.764. The van der Waals surface area contributed by atoms with Crippen molar-refractivity contribution in [3.63, 3.8) is 0 Å². The third-order valence-electron chi connectivity index (χ3n) is 4.07. The maximum atomic E-state index is 3.62. The first-order chi connectivity index (χ1) is 15.7. The second kappa shape index (κ2) is 26.0. The van der Waals surface area contributed by atoms with Gasteiger partial charge >= 0.3 is 10.3 Å². The van der Waals surface area contributed by atoms with Crippen LogP contribution in [0.1, 0.15) is 27.7 Å². The zero-order valence-corrected chi connectivity index (χ0v) is 38.6. The summed E-state index contributed by atoms with van der Waals surface area (Å²) in [6.45, 7) is 12.8. The van der Waals surface area contributed by atoms with Crippen molar-refractivity contribution in [3.8, 4) is 0 Å². The van der Waals surface area contributed by atoms with Crippen LogP contribution in [-0.2, 0) is 26.2 Å². The topological polar surface area (TPSA) is 17.6 Å². The van der Waals surface area contributed by atoms with Crippen molar-refractivity contribution < 1.29 is 43.1 Å². The average Bonchev–Trinajstić information content (AvgIpc) is 3.31. The molecule has 20 heteroatoms. The normalized spacial score (nSPS) is 11.3. The Morgan fingerprint density at radius 1 is 0.618 bits per heavy atom. The highest BCUT2D eigenvalue weighted by Gasteiger charge is 2.38. The molecule has 2 aromatic rings. The van der Waals surface area contributed by atoms with E-state index < -0.39 is 0 Å². The Bertz CT molecular complexity index is 701. The van der Waals surface area contributed by atoms with Crippen LogP contribution in [0.15, 0.2) is 30.4 Å². The van der Waals surface area contributed by atoms with Crippen molar-refractivity contribution in [2.24, 2.45) is 0 Å². The number of rotatable bonds is 6. The highest BCUT2D eigenvalue weighted by molar-refractivity contribution is 9.93. The highest BCUT2D eigenvalue weighted by Crippen LogP contribution is 2.53. The van der Waals surface area contributed by atoms with Crippen LogP contribution in [0.3, 0.4) is 0 Å². The van der Waals surface area contributed by atoms with E-state index in [-0.39, 0.29) is 34.0 Å². The monoisotopic (exact) mass is 1230 g/mol. The van der Waals surface area contributed by atoms with Gasteiger partial charge in [0, 0.05) is 135 Å². The number of hydrogen-bond acceptors (Lipinski definition) is 6. The summed E-state index contributed by atoms with van der Waals surface area (Å²) in [5.41, 5.74) is 0. The van der Waals surface area contributed by atoms with Gasteiger partial charge in [-0.3, -0.25) is 0 Å². The first-order valence-electron chi connectivity index (χ1n) is 8.68. The van der Waals surface area contributed by atoms with Crippen LogP contribution in [0.25, 0.3) is 0 Å². The molecule has 4 nitrogen and oxygen atoms in total. The number of halogens is 10. The molecule has 3 rings (SSSR count). The molecule has 0 aromatic carbocycles. The average molecular weight is 1240 g/mol. The van der Waals surface area contributed by atoms with Crippen molar-refractivity contribution in [1.29, 1.82) is 0 Å². The molecule has 1 aliphatic heterocycles. The predicted octanol–water partition coefficient (Wildman–Crippen LogP) is 5.74. The molecule has 0 fully saturated rings. The maximum Gasteiger partial charge on any atom is 0.331 e. The Kier molecular flexibility index (Phi) is 33.5. The minimum Gasteiger partial charge on any atom is -1.00 e. The van der Waals surface area contributed by atoms with Gasteiger partial charge in [-0.2, -0.15) is 0 Å². The number of nitrogens with zero attached hydrogens (tertiary/aromatic N) is 4. The zero-order valence-electron chi connectivity index (χ0n) is 17.8. The molecular formula is C14H20Br10N4S6. The Balaban J connectivity index is -0.00000111. The summed E-state index contributed by atoms with van der Waals surface area (Å²) in [5, 5.41) is 7.94. The number of imidazole rings is 2. The molecular weight excluding hydrogens is 1220 g/mol. The SMILES string of the molecule is BrBr.BrBr.BrBr.CCn1c2c([n+](CC)c1SBr)SSc1c([n+](CC)c(SBr)n1CC)SS2.[Br-].[Br-]. The van der Waals surface area contributed by atoms with Crippen molar-refractivity contribution in [1.82, 2.24) is 9.13 Å². The highest BCUT2D eigenvalue weighted by atomic mass is 80.9. The zero-order chi connectivity index (χ0) is 24.8. The van der Waals surface area contributed by atoms with E-state index in [1.54, 1.807) is 20.4 Å². The molecule has 0 saturated carbocycles. The Morgan fingerprint density at radius 3 is 1.12 bits per heavy atom. The summed E-state index contributed by atoms with van der Waals surface area (Å²) in [5.74, 6) is 0. The molecule has 0 N–H and O–H groups in total. The summed E-state index contributed by atoms with van der Waals surface area (Å²) >= 11 is 23.7. The molecule has 2 aromatic heterocycles. The van der Waals surface area contributed by atoms with Crippen LogP contribution in [0, 0.1) is 0 Å². The minimum atomic E-state index is 0. The fourth-order valence-electron chi connectivity index (χ4n) is 2.86. The molecule has 0 atom stereocenters. The minimum absolute atomic E-state index is 0. The summed E-state index contributed by atoms with van der Waals surface area (Å²) in [4.78, 5) is 0. The van der Waals surface area contributed by atoms with Crippen LogP contribution < -0.4 is 43.1 Å². The second-order valence-electron chi connectivity index (χ2n) is 5.25. The van der Waals surface area contributed by atoms with Gasteiger partial charge in [-0.15, -0.1) is 0 Å². The van der Waals surface area contributed by atoms with Gasteiger partial charge in [0.05, 0.1) is 26.2 Å². The molecule has 0 saturated heterocycles. The maximum absolute atomic E-state index is 3.62. The van der Waals surface area contributed by atoms with E-state index in [2.05, 4.69) is 160 Å². The van der Waals surface area contributed by atoms with Gasteiger partial charge in [0.25, 0.3) is 0 Å². The lowest BCUT2D eigenvalue weighted by atomic mass is 10.7. The van der Waals surface area contributed by atoms with Crippen LogP contribution in [-0.4, -0.2) is 9.13 Å². The van der Waals surface area contributed by atoms with Crippen LogP contribution in [0.5, 0.6) is 0 Å². The van der Waals surface area contributed by atoms with Gasteiger partial charge in [0.15, 0.2) is 0 Å². The molecule has 0 bridgehead atoms. The number of fused-ring (bicyclic) bond motifs is 2. The van der Waals surface area contributed by atoms with Crippen LogP contribution in [0.2, 0.25) is 0 Å². The van der Waals surface area contributed by atoms with Gasteiger partial charge in [-0.05, 0) is 70.9 Å². The largest absolute Gasteiger partial charge is 1.00 e. The van der Waals surface area contributed by atoms with Gasteiger partial charge in [-0.25, -0.2) is 18.3 Å². The van der Waals surface area contributed by atoms with Gasteiger partial charge in [0.2, 0.25) is 20.1 Å². The summed E-state index contributed by atoms with van der Waals surface area (Å²) in [6.07, 6.45) is 0. The van der Waals surface area contributed by atoms with Gasteiger partial charge < -0.3 is 34.0 Å². The molecule has 0 unspecified atom stereocenters. The van der Waals surface area contributed by atoms with Crippen LogP contribution >= 0.6 is 178 Å². The predicted molar refractivity (Wildman–Crippen MR) is 179 cm³/mol. The molecule has 0 aliphatic carbocycles. The summed E-state index contributed by atoms with van der Waals surface area (Å²) in [7, 11) is 10.9. The third-order valence-corrected chi connectivity index (χ3v) is 12.1. The van der Waals surface area contributed by atoms with E-state index in [1.165, 1.54) is 30.4 Å². The molecule has 0 amide bonds. The fourth-order valence-corrected chi connectivity index (χ4v) is 12.8. The lowest BCUT2D eigenvalue weighted by Crippen LogP contribution is -3.00. The quantitative estimate of drug-likeness (QED) is 0.270. The smallest absolute Gasteiger partial charge is 0.331 e.